The molecule has 10 fully saturated rings. The van der Waals surface area contributed by atoms with Crippen LogP contribution in [0.25, 0.3) is 22.3 Å². The fourth-order valence-corrected chi connectivity index (χ4v) is 21.2. The molecule has 6 heteroatoms. The number of hydrogen-bond donors (Lipinski definition) is 4. The Kier molecular flexibility index (Phi) is 9.23. The molecule has 8 saturated carbocycles. The van der Waals surface area contributed by atoms with Crippen molar-refractivity contribution in [2.75, 3.05) is 39.3 Å². The molecular formula is C48H64N4P2. The summed E-state index contributed by atoms with van der Waals surface area (Å²) >= 11 is 0. The topological polar surface area (TPSA) is 48.1 Å². The first-order chi connectivity index (χ1) is 26.5. The highest BCUT2D eigenvalue weighted by Gasteiger charge is 2.62. The lowest BCUT2D eigenvalue weighted by Gasteiger charge is -2.67. The van der Waals surface area contributed by atoms with Crippen molar-refractivity contribution in [2.24, 2.45) is 35.5 Å². The molecule has 54 heavy (non-hydrogen) atoms. The average molecular weight is 759 g/mol. The second-order valence-corrected chi connectivity index (χ2v) is 24.0. The second-order valence-electron chi connectivity index (χ2n) is 20.0. The van der Waals surface area contributed by atoms with Crippen LogP contribution in [0, 0.1) is 35.5 Å². The highest BCUT2D eigenvalue weighted by Crippen LogP contribution is 2.80. The van der Waals surface area contributed by atoms with Crippen molar-refractivity contribution in [3.8, 4) is 22.3 Å². The van der Waals surface area contributed by atoms with Crippen LogP contribution in [0.5, 0.6) is 0 Å². The first-order valence-electron chi connectivity index (χ1n) is 22.2. The molecule has 0 radical (unpaired) electrons. The maximum atomic E-state index is 4.11. The SMILES string of the molecule is PC(c1cc(-c2ccccc2)c(-c2ccccc2)cc1CP(C12CC3CC(CC(C3)C1)C2)C12CC3CC(CC(C3)C1)C2)(C1CNCCN1)C1CNCCN1. The van der Waals surface area contributed by atoms with E-state index >= 15 is 0 Å². The molecule has 3 aromatic carbocycles. The Morgan fingerprint density at radius 3 is 1.35 bits per heavy atom. The van der Waals surface area contributed by atoms with Crippen molar-refractivity contribution in [1.82, 2.24) is 21.3 Å². The van der Waals surface area contributed by atoms with E-state index in [4.69, 9.17) is 0 Å². The van der Waals surface area contributed by atoms with Crippen molar-refractivity contribution < 1.29 is 0 Å². The number of rotatable bonds is 9. The third-order valence-corrected chi connectivity index (χ3v) is 21.8. The van der Waals surface area contributed by atoms with Gasteiger partial charge in [-0.05, 0) is 175 Å². The quantitative estimate of drug-likeness (QED) is 0.165. The molecule has 4 nitrogen and oxygen atoms in total. The Morgan fingerprint density at radius 1 is 0.556 bits per heavy atom. The molecule has 2 aliphatic heterocycles. The van der Waals surface area contributed by atoms with Gasteiger partial charge in [0.1, 0.15) is 0 Å². The molecule has 2 saturated heterocycles. The lowest BCUT2D eigenvalue weighted by Crippen LogP contribution is -2.66. The maximum absolute atomic E-state index is 4.11. The summed E-state index contributed by atoms with van der Waals surface area (Å²) in [6.07, 6.45) is 20.0. The molecule has 3 unspecified atom stereocenters. The first-order valence-corrected chi connectivity index (χ1v) is 24.3. The van der Waals surface area contributed by atoms with Crippen LogP contribution >= 0.6 is 17.2 Å². The summed E-state index contributed by atoms with van der Waals surface area (Å²) in [5.41, 5.74) is 8.83. The Hall–Kier alpha value is -1.64. The summed E-state index contributed by atoms with van der Waals surface area (Å²) in [5, 5.41) is 16.9. The van der Waals surface area contributed by atoms with Gasteiger partial charge in [-0.2, -0.15) is 0 Å². The summed E-state index contributed by atoms with van der Waals surface area (Å²) < 4.78 is 0. The van der Waals surface area contributed by atoms with Gasteiger partial charge in [-0.1, -0.05) is 68.6 Å². The summed E-state index contributed by atoms with van der Waals surface area (Å²) in [5.74, 6) is 6.03. The zero-order valence-electron chi connectivity index (χ0n) is 32.5. The fraction of sp³-hybridized carbons (Fsp3) is 0.625. The van der Waals surface area contributed by atoms with E-state index in [2.05, 4.69) is 103 Å². The predicted molar refractivity (Wildman–Crippen MR) is 230 cm³/mol. The summed E-state index contributed by atoms with van der Waals surface area (Å²) in [7, 11) is 3.39. The number of piperazine rings is 2. The van der Waals surface area contributed by atoms with Gasteiger partial charge in [0.05, 0.1) is 0 Å². The largest absolute Gasteiger partial charge is 0.314 e. The normalized spacial score (nSPS) is 39.7. The first kappa shape index (κ1) is 35.5. The van der Waals surface area contributed by atoms with Crippen LogP contribution < -0.4 is 21.3 Å². The molecule has 8 aliphatic carbocycles. The minimum atomic E-state index is -0.210. The molecule has 286 valence electrons. The Morgan fingerprint density at radius 2 is 0.963 bits per heavy atom. The van der Waals surface area contributed by atoms with Crippen molar-refractivity contribution in [3.05, 3.63) is 83.9 Å². The standard InChI is InChI=1S/C48H64N4P2/c53-48(44-29-49-11-13-51-44,45-30-50-12-14-52-45)43-22-42(39-9-5-2-6-10-39)41(38-7-3-1-4-8-38)21-40(43)31-54(46-23-32-15-33(24-46)17-34(16-32)25-46)47-26-35-18-36(27-47)20-37(19-35)28-47/h1-10,21-22,32-37,44-45,49-52H,11-20,23-31,53H2. The highest BCUT2D eigenvalue weighted by molar-refractivity contribution is 7.60. The van der Waals surface area contributed by atoms with Crippen molar-refractivity contribution in [1.29, 1.82) is 0 Å². The molecule has 3 aromatic rings. The minimum Gasteiger partial charge on any atom is -0.314 e. The monoisotopic (exact) mass is 758 g/mol. The molecule has 3 atom stereocenters. The Bertz CT molecular complexity index is 1680. The highest BCUT2D eigenvalue weighted by atomic mass is 31.1. The molecule has 0 spiro atoms. The molecule has 2 heterocycles. The van der Waals surface area contributed by atoms with Gasteiger partial charge in [-0.15, -0.1) is 9.24 Å². The van der Waals surface area contributed by atoms with Crippen LogP contribution in [0.2, 0.25) is 0 Å². The molecule has 4 N–H and O–H groups in total. The number of nitrogens with one attached hydrogen (secondary N) is 4. The molecule has 13 rings (SSSR count). The van der Waals surface area contributed by atoms with Crippen LogP contribution in [-0.2, 0) is 11.3 Å². The number of benzene rings is 3. The van der Waals surface area contributed by atoms with E-state index in [1.165, 1.54) is 28.4 Å². The molecule has 0 aromatic heterocycles. The van der Waals surface area contributed by atoms with Crippen molar-refractivity contribution >= 4 is 17.2 Å². The van der Waals surface area contributed by atoms with Gasteiger partial charge < -0.3 is 21.3 Å². The lowest BCUT2D eigenvalue weighted by molar-refractivity contribution is 0.0184. The molecule has 10 aliphatic rings. The van der Waals surface area contributed by atoms with Crippen LogP contribution in [0.15, 0.2) is 72.8 Å². The predicted octanol–water partition coefficient (Wildman–Crippen LogP) is 9.13. The Labute approximate surface area is 328 Å². The van der Waals surface area contributed by atoms with E-state index < -0.39 is 0 Å². The van der Waals surface area contributed by atoms with E-state index in [0.717, 1.165) is 74.8 Å². The van der Waals surface area contributed by atoms with E-state index in [1.807, 2.05) is 0 Å². The van der Waals surface area contributed by atoms with E-state index in [1.54, 1.807) is 88.2 Å². The van der Waals surface area contributed by atoms with E-state index in [-0.39, 0.29) is 13.1 Å². The average Bonchev–Trinajstić information content (AvgIpc) is 3.19. The van der Waals surface area contributed by atoms with Gasteiger partial charge in [-0.25, -0.2) is 0 Å². The Balaban J connectivity index is 1.13. The fourth-order valence-electron chi connectivity index (χ4n) is 15.3. The summed E-state index contributed by atoms with van der Waals surface area (Å²) in [6, 6.07) is 29.0. The third-order valence-electron chi connectivity index (χ3n) is 16.6. The van der Waals surface area contributed by atoms with Gasteiger partial charge in [0, 0.05) is 56.5 Å². The zero-order valence-corrected chi connectivity index (χ0v) is 34.6. The number of hydrogen-bond acceptors (Lipinski definition) is 4. The van der Waals surface area contributed by atoms with Crippen molar-refractivity contribution in [3.63, 3.8) is 0 Å². The van der Waals surface area contributed by atoms with Gasteiger partial charge in [-0.3, -0.25) is 0 Å². The molecule has 8 bridgehead atoms. The van der Waals surface area contributed by atoms with Gasteiger partial charge in [0.15, 0.2) is 0 Å². The van der Waals surface area contributed by atoms with Crippen LogP contribution in [0.1, 0.15) is 88.2 Å². The van der Waals surface area contributed by atoms with Crippen LogP contribution in [0.3, 0.4) is 0 Å². The lowest BCUT2D eigenvalue weighted by atomic mass is 9.55. The van der Waals surface area contributed by atoms with Crippen LogP contribution in [0.4, 0.5) is 0 Å². The van der Waals surface area contributed by atoms with E-state index in [9.17, 15) is 0 Å². The van der Waals surface area contributed by atoms with Gasteiger partial charge in [0.25, 0.3) is 0 Å². The smallest absolute Gasteiger partial charge is 0.0429 e. The van der Waals surface area contributed by atoms with E-state index in [0.29, 0.717) is 22.4 Å². The van der Waals surface area contributed by atoms with Gasteiger partial charge in [0.2, 0.25) is 0 Å². The maximum Gasteiger partial charge on any atom is 0.0429 e. The minimum absolute atomic E-state index is 0.168. The van der Waals surface area contributed by atoms with Crippen molar-refractivity contribution in [2.45, 2.75) is 111 Å². The second kappa shape index (κ2) is 14.0. The zero-order chi connectivity index (χ0) is 35.9. The summed E-state index contributed by atoms with van der Waals surface area (Å²) in [6.45, 7) is 6.15. The van der Waals surface area contributed by atoms with Crippen LogP contribution in [-0.4, -0.2) is 61.7 Å². The molecular weight excluding hydrogens is 695 g/mol. The third kappa shape index (κ3) is 6.05. The summed E-state index contributed by atoms with van der Waals surface area (Å²) in [4.78, 5) is 0. The molecule has 0 amide bonds. The van der Waals surface area contributed by atoms with Gasteiger partial charge >= 0.3 is 0 Å².